The molecule has 2 aliphatic rings. The Morgan fingerprint density at radius 1 is 1.06 bits per heavy atom. The van der Waals surface area contributed by atoms with Crippen molar-refractivity contribution < 1.29 is 27.5 Å². The first-order valence-corrected chi connectivity index (χ1v) is 12.1. The zero-order chi connectivity index (χ0) is 22.7. The average Bonchev–Trinajstić information content (AvgIpc) is 3.26. The number of esters is 1. The number of rotatable bonds is 6. The maximum atomic E-state index is 12.8. The average molecular weight is 479 g/mol. The molecule has 8 nitrogen and oxygen atoms in total. The van der Waals surface area contributed by atoms with Crippen LogP contribution < -0.4 is 5.32 Å². The molecule has 10 heteroatoms. The van der Waals surface area contributed by atoms with Crippen LogP contribution in [0.1, 0.15) is 27.9 Å². The third-order valence-corrected chi connectivity index (χ3v) is 7.71. The van der Waals surface area contributed by atoms with Crippen molar-refractivity contribution in [2.45, 2.75) is 24.2 Å². The number of aryl methyl sites for hydroxylation is 2. The fraction of sp³-hybridized carbons (Fsp3) is 0.364. The first-order chi connectivity index (χ1) is 15.3. The third-order valence-electron chi connectivity index (χ3n) is 5.48. The zero-order valence-corrected chi connectivity index (χ0v) is 18.9. The molecule has 1 saturated heterocycles. The van der Waals surface area contributed by atoms with Crippen LogP contribution in [0.4, 0.5) is 5.69 Å². The number of benzene rings is 2. The highest BCUT2D eigenvalue weighted by atomic mass is 35.5. The lowest BCUT2D eigenvalue weighted by Crippen LogP contribution is -2.40. The van der Waals surface area contributed by atoms with Gasteiger partial charge in [0.05, 0.1) is 28.7 Å². The molecule has 0 atom stereocenters. The van der Waals surface area contributed by atoms with E-state index >= 15 is 0 Å². The summed E-state index contributed by atoms with van der Waals surface area (Å²) >= 11 is 6.10. The predicted octanol–water partition coefficient (Wildman–Crippen LogP) is 2.65. The largest absolute Gasteiger partial charge is 0.452 e. The number of sulfonamides is 1. The van der Waals surface area contributed by atoms with Gasteiger partial charge >= 0.3 is 5.97 Å². The zero-order valence-electron chi connectivity index (χ0n) is 17.3. The molecule has 0 aromatic heterocycles. The van der Waals surface area contributed by atoms with Gasteiger partial charge in [-0.2, -0.15) is 4.31 Å². The summed E-state index contributed by atoms with van der Waals surface area (Å²) in [5.41, 5.74) is 3.02. The molecule has 4 rings (SSSR count). The Morgan fingerprint density at radius 3 is 2.59 bits per heavy atom. The summed E-state index contributed by atoms with van der Waals surface area (Å²) in [7, 11) is -3.80. The van der Waals surface area contributed by atoms with E-state index in [1.807, 2.05) is 18.2 Å². The Labute approximate surface area is 191 Å². The van der Waals surface area contributed by atoms with E-state index in [-0.39, 0.29) is 28.6 Å². The Hall–Kier alpha value is -2.46. The Kier molecular flexibility index (Phi) is 6.80. The maximum absolute atomic E-state index is 12.8. The Balaban J connectivity index is 1.40. The van der Waals surface area contributed by atoms with Crippen LogP contribution in [0.5, 0.6) is 0 Å². The van der Waals surface area contributed by atoms with Crippen LogP contribution >= 0.6 is 11.6 Å². The highest BCUT2D eigenvalue weighted by Crippen LogP contribution is 2.26. The lowest BCUT2D eigenvalue weighted by molar-refractivity contribution is -0.119. The molecule has 0 radical (unpaired) electrons. The van der Waals surface area contributed by atoms with Crippen LogP contribution in [-0.4, -0.2) is 57.5 Å². The molecule has 0 bridgehead atoms. The van der Waals surface area contributed by atoms with E-state index in [4.69, 9.17) is 21.1 Å². The van der Waals surface area contributed by atoms with Gasteiger partial charge in [0.25, 0.3) is 5.91 Å². The molecule has 1 N–H and O–H groups in total. The van der Waals surface area contributed by atoms with E-state index in [0.29, 0.717) is 18.9 Å². The van der Waals surface area contributed by atoms with Crippen molar-refractivity contribution in [3.8, 4) is 0 Å². The van der Waals surface area contributed by atoms with Gasteiger partial charge in [0, 0.05) is 18.8 Å². The smallest absolute Gasteiger partial charge is 0.340 e. The van der Waals surface area contributed by atoms with E-state index in [1.165, 1.54) is 33.6 Å². The van der Waals surface area contributed by atoms with Gasteiger partial charge in [-0.25, -0.2) is 13.2 Å². The summed E-state index contributed by atoms with van der Waals surface area (Å²) in [5, 5.41) is 2.75. The molecule has 32 heavy (non-hydrogen) atoms. The van der Waals surface area contributed by atoms with E-state index < -0.39 is 28.5 Å². The quantitative estimate of drug-likeness (QED) is 0.640. The van der Waals surface area contributed by atoms with Crippen molar-refractivity contribution in [2.75, 3.05) is 38.2 Å². The highest BCUT2D eigenvalue weighted by molar-refractivity contribution is 7.89. The highest BCUT2D eigenvalue weighted by Gasteiger charge is 2.28. The van der Waals surface area contributed by atoms with Gasteiger partial charge in [0.2, 0.25) is 10.0 Å². The number of amides is 1. The minimum Gasteiger partial charge on any atom is -0.452 e. The summed E-state index contributed by atoms with van der Waals surface area (Å²) in [5.74, 6) is -1.37. The van der Waals surface area contributed by atoms with Crippen LogP contribution in [0, 0.1) is 0 Å². The number of fused-ring (bicyclic) bond motifs is 1. The van der Waals surface area contributed by atoms with Gasteiger partial charge in [-0.05, 0) is 60.7 Å². The summed E-state index contributed by atoms with van der Waals surface area (Å²) in [6.07, 6.45) is 3.13. The number of carbonyl (C=O) groups excluding carboxylic acids is 2. The SMILES string of the molecule is O=C(COC(=O)c1cc(S(=O)(=O)N2CCOCC2)ccc1Cl)Nc1ccc2c(c1)CCC2. The van der Waals surface area contributed by atoms with Crippen LogP contribution in [0.15, 0.2) is 41.3 Å². The minimum absolute atomic E-state index is 0.0370. The predicted molar refractivity (Wildman–Crippen MR) is 118 cm³/mol. The topological polar surface area (TPSA) is 102 Å². The van der Waals surface area contributed by atoms with Crippen LogP contribution in [-0.2, 0) is 37.1 Å². The fourth-order valence-corrected chi connectivity index (χ4v) is 5.44. The molecular formula is C22H23ClN2O6S. The second-order valence-corrected chi connectivity index (χ2v) is 9.96. The van der Waals surface area contributed by atoms with Gasteiger partial charge in [-0.1, -0.05) is 17.7 Å². The lowest BCUT2D eigenvalue weighted by atomic mass is 10.1. The number of nitrogens with one attached hydrogen (secondary N) is 1. The number of morpholine rings is 1. The number of hydrogen-bond acceptors (Lipinski definition) is 6. The van der Waals surface area contributed by atoms with E-state index in [1.54, 1.807) is 0 Å². The van der Waals surface area contributed by atoms with Crippen LogP contribution in [0.25, 0.3) is 0 Å². The number of anilines is 1. The van der Waals surface area contributed by atoms with Crippen molar-refractivity contribution >= 4 is 39.2 Å². The Bertz CT molecular complexity index is 1150. The standard InChI is InChI=1S/C22H23ClN2O6S/c23-20-7-6-18(32(28,29)25-8-10-30-11-9-25)13-19(20)22(27)31-14-21(26)24-17-5-4-15-2-1-3-16(15)12-17/h4-7,12-13H,1-3,8-11,14H2,(H,24,26). The lowest BCUT2D eigenvalue weighted by Gasteiger charge is -2.26. The monoisotopic (exact) mass is 478 g/mol. The first kappa shape index (κ1) is 22.7. The van der Waals surface area contributed by atoms with Crippen molar-refractivity contribution in [1.82, 2.24) is 4.31 Å². The molecule has 170 valence electrons. The summed E-state index contributed by atoms with van der Waals surface area (Å²) in [6, 6.07) is 9.58. The normalized spacial score (nSPS) is 16.4. The van der Waals surface area contributed by atoms with Gasteiger partial charge in [-0.3, -0.25) is 4.79 Å². The van der Waals surface area contributed by atoms with E-state index in [9.17, 15) is 18.0 Å². The molecule has 0 saturated carbocycles. The molecule has 1 aliphatic heterocycles. The van der Waals surface area contributed by atoms with Crippen molar-refractivity contribution in [2.24, 2.45) is 0 Å². The molecule has 2 aromatic rings. The molecule has 2 aromatic carbocycles. The molecule has 1 heterocycles. The summed E-state index contributed by atoms with van der Waals surface area (Å²) < 4.78 is 37.2. The fourth-order valence-electron chi connectivity index (χ4n) is 3.81. The van der Waals surface area contributed by atoms with Gasteiger partial charge in [0.15, 0.2) is 6.61 Å². The summed E-state index contributed by atoms with van der Waals surface area (Å²) in [6.45, 7) is 0.552. The second-order valence-electron chi connectivity index (χ2n) is 7.62. The molecule has 1 amide bonds. The molecule has 0 spiro atoms. The number of carbonyl (C=O) groups is 2. The third kappa shape index (κ3) is 4.96. The van der Waals surface area contributed by atoms with Gasteiger partial charge < -0.3 is 14.8 Å². The van der Waals surface area contributed by atoms with E-state index in [0.717, 1.165) is 19.3 Å². The molecule has 1 fully saturated rings. The number of hydrogen-bond donors (Lipinski definition) is 1. The number of nitrogens with zero attached hydrogens (tertiary/aromatic N) is 1. The number of ether oxygens (including phenoxy) is 2. The molecule has 1 aliphatic carbocycles. The van der Waals surface area contributed by atoms with Gasteiger partial charge in [0.1, 0.15) is 0 Å². The molecule has 0 unspecified atom stereocenters. The number of halogens is 1. The Morgan fingerprint density at radius 2 is 1.81 bits per heavy atom. The first-order valence-electron chi connectivity index (χ1n) is 10.3. The van der Waals surface area contributed by atoms with Crippen LogP contribution in [0.2, 0.25) is 5.02 Å². The second kappa shape index (κ2) is 9.58. The van der Waals surface area contributed by atoms with Crippen molar-refractivity contribution in [1.29, 1.82) is 0 Å². The minimum atomic E-state index is -3.80. The van der Waals surface area contributed by atoms with Crippen molar-refractivity contribution in [3.63, 3.8) is 0 Å². The molecular weight excluding hydrogens is 456 g/mol. The summed E-state index contributed by atoms with van der Waals surface area (Å²) in [4.78, 5) is 24.7. The maximum Gasteiger partial charge on any atom is 0.340 e. The van der Waals surface area contributed by atoms with Gasteiger partial charge in [-0.15, -0.1) is 0 Å². The van der Waals surface area contributed by atoms with Crippen molar-refractivity contribution in [3.05, 3.63) is 58.1 Å². The van der Waals surface area contributed by atoms with E-state index in [2.05, 4.69) is 5.32 Å². The van der Waals surface area contributed by atoms with Crippen LogP contribution in [0.3, 0.4) is 0 Å².